The van der Waals surface area contributed by atoms with E-state index in [0.29, 0.717) is 5.69 Å². The fraction of sp³-hybridized carbons (Fsp3) is 0.400. The number of benzene rings is 1. The predicted octanol–water partition coefficient (Wildman–Crippen LogP) is 1.00. The molecule has 1 unspecified atom stereocenters. The van der Waals surface area contributed by atoms with Gasteiger partial charge >= 0.3 is 0 Å². The Hall–Kier alpha value is -1.07. The molecule has 1 aromatic carbocycles. The van der Waals surface area contributed by atoms with Crippen LogP contribution in [0.5, 0.6) is 0 Å². The zero-order valence-corrected chi connectivity index (χ0v) is 9.34. The SMILES string of the molecule is CS(=O)(=O)Nc1cccc2c1CCC2N. The summed E-state index contributed by atoms with van der Waals surface area (Å²) in [6, 6.07) is 5.61. The maximum absolute atomic E-state index is 11.1. The molecule has 0 saturated heterocycles. The van der Waals surface area contributed by atoms with Gasteiger partial charge in [0, 0.05) is 6.04 Å². The third-order valence-corrected chi connectivity index (χ3v) is 3.20. The molecule has 0 aliphatic heterocycles. The molecule has 0 aromatic heterocycles. The summed E-state index contributed by atoms with van der Waals surface area (Å²) in [6.07, 6.45) is 2.88. The van der Waals surface area contributed by atoms with Crippen molar-refractivity contribution in [3.8, 4) is 0 Å². The highest BCUT2D eigenvalue weighted by molar-refractivity contribution is 7.92. The van der Waals surface area contributed by atoms with Gasteiger partial charge in [-0.05, 0) is 30.0 Å². The smallest absolute Gasteiger partial charge is 0.229 e. The molecule has 1 aliphatic carbocycles. The van der Waals surface area contributed by atoms with Crippen molar-refractivity contribution in [2.45, 2.75) is 18.9 Å². The van der Waals surface area contributed by atoms with Gasteiger partial charge in [-0.1, -0.05) is 12.1 Å². The molecule has 1 atom stereocenters. The highest BCUT2D eigenvalue weighted by Crippen LogP contribution is 2.34. The summed E-state index contributed by atoms with van der Waals surface area (Å²) >= 11 is 0. The van der Waals surface area contributed by atoms with Gasteiger partial charge in [0.1, 0.15) is 0 Å². The molecule has 1 aliphatic rings. The third kappa shape index (κ3) is 2.13. The third-order valence-electron chi connectivity index (χ3n) is 2.61. The normalized spacial score (nSPS) is 20.0. The lowest BCUT2D eigenvalue weighted by atomic mass is 10.1. The van der Waals surface area contributed by atoms with Gasteiger partial charge in [-0.3, -0.25) is 4.72 Å². The molecule has 0 heterocycles. The van der Waals surface area contributed by atoms with Crippen LogP contribution in [0, 0.1) is 0 Å². The summed E-state index contributed by atoms with van der Waals surface area (Å²) in [7, 11) is -3.21. The summed E-state index contributed by atoms with van der Waals surface area (Å²) in [5.74, 6) is 0. The van der Waals surface area contributed by atoms with Gasteiger partial charge in [0.2, 0.25) is 10.0 Å². The van der Waals surface area contributed by atoms with E-state index in [1.807, 2.05) is 12.1 Å². The van der Waals surface area contributed by atoms with Gasteiger partial charge in [0.05, 0.1) is 11.9 Å². The average Bonchev–Trinajstić information content (AvgIpc) is 2.47. The van der Waals surface area contributed by atoms with E-state index in [1.165, 1.54) is 0 Å². The van der Waals surface area contributed by atoms with Gasteiger partial charge in [0.15, 0.2) is 0 Å². The van der Waals surface area contributed by atoms with E-state index < -0.39 is 10.0 Å². The first kappa shape index (κ1) is 10.4. The van der Waals surface area contributed by atoms with Crippen molar-refractivity contribution in [3.05, 3.63) is 29.3 Å². The second-order valence-electron chi connectivity index (χ2n) is 3.89. The van der Waals surface area contributed by atoms with Crippen molar-refractivity contribution in [1.29, 1.82) is 0 Å². The summed E-state index contributed by atoms with van der Waals surface area (Å²) in [6.45, 7) is 0. The molecule has 1 aromatic rings. The first-order valence-corrected chi connectivity index (χ1v) is 6.71. The molecule has 2 rings (SSSR count). The van der Waals surface area contributed by atoms with Crippen LogP contribution in [0.25, 0.3) is 0 Å². The van der Waals surface area contributed by atoms with Gasteiger partial charge in [-0.15, -0.1) is 0 Å². The molecule has 0 fully saturated rings. The Morgan fingerprint density at radius 2 is 2.20 bits per heavy atom. The Balaban J connectivity index is 2.43. The van der Waals surface area contributed by atoms with Crippen molar-refractivity contribution in [3.63, 3.8) is 0 Å². The highest BCUT2D eigenvalue weighted by Gasteiger charge is 2.22. The van der Waals surface area contributed by atoms with E-state index in [9.17, 15) is 8.42 Å². The Labute approximate surface area is 89.5 Å². The van der Waals surface area contributed by atoms with Crippen LogP contribution in [-0.2, 0) is 16.4 Å². The van der Waals surface area contributed by atoms with Gasteiger partial charge in [0.25, 0.3) is 0 Å². The van der Waals surface area contributed by atoms with E-state index in [1.54, 1.807) is 6.07 Å². The van der Waals surface area contributed by atoms with Gasteiger partial charge < -0.3 is 5.73 Å². The molecule has 0 saturated carbocycles. The van der Waals surface area contributed by atoms with Crippen molar-refractivity contribution in [2.75, 3.05) is 11.0 Å². The Morgan fingerprint density at radius 3 is 2.87 bits per heavy atom. The molecule has 0 radical (unpaired) electrons. The minimum Gasteiger partial charge on any atom is -0.324 e. The van der Waals surface area contributed by atoms with Crippen molar-refractivity contribution in [2.24, 2.45) is 5.73 Å². The van der Waals surface area contributed by atoms with E-state index in [0.717, 1.165) is 30.2 Å². The molecule has 0 spiro atoms. The molecular formula is C10H14N2O2S. The van der Waals surface area contributed by atoms with Crippen LogP contribution in [0.1, 0.15) is 23.6 Å². The second-order valence-corrected chi connectivity index (χ2v) is 5.64. The zero-order valence-electron chi connectivity index (χ0n) is 8.53. The first-order chi connectivity index (χ1) is 6.97. The van der Waals surface area contributed by atoms with E-state index in [4.69, 9.17) is 5.73 Å². The maximum atomic E-state index is 11.1. The number of hydrogen-bond acceptors (Lipinski definition) is 3. The molecule has 0 bridgehead atoms. The minimum atomic E-state index is -3.21. The monoisotopic (exact) mass is 226 g/mol. The summed E-state index contributed by atoms with van der Waals surface area (Å²) in [5.41, 5.74) is 8.67. The number of nitrogens with one attached hydrogen (secondary N) is 1. The summed E-state index contributed by atoms with van der Waals surface area (Å²) in [5, 5.41) is 0. The Kier molecular flexibility index (Phi) is 2.44. The largest absolute Gasteiger partial charge is 0.324 e. The van der Waals surface area contributed by atoms with Gasteiger partial charge in [-0.25, -0.2) is 8.42 Å². The minimum absolute atomic E-state index is 0.0429. The van der Waals surface area contributed by atoms with Crippen LogP contribution in [0.3, 0.4) is 0 Å². The van der Waals surface area contributed by atoms with Gasteiger partial charge in [-0.2, -0.15) is 0 Å². The van der Waals surface area contributed by atoms with Crippen LogP contribution in [0.2, 0.25) is 0 Å². The fourth-order valence-corrected chi connectivity index (χ4v) is 2.57. The zero-order chi connectivity index (χ0) is 11.1. The number of nitrogens with two attached hydrogens (primary N) is 1. The van der Waals surface area contributed by atoms with Crippen LogP contribution >= 0.6 is 0 Å². The quantitative estimate of drug-likeness (QED) is 0.790. The lowest BCUT2D eigenvalue weighted by Gasteiger charge is -2.10. The van der Waals surface area contributed by atoms with E-state index in [2.05, 4.69) is 4.72 Å². The Bertz CT molecular complexity index is 482. The summed E-state index contributed by atoms with van der Waals surface area (Å²) in [4.78, 5) is 0. The number of rotatable bonds is 2. The number of hydrogen-bond donors (Lipinski definition) is 2. The molecule has 82 valence electrons. The van der Waals surface area contributed by atoms with Crippen molar-refractivity contribution < 1.29 is 8.42 Å². The maximum Gasteiger partial charge on any atom is 0.229 e. The topological polar surface area (TPSA) is 72.2 Å². The van der Waals surface area contributed by atoms with Crippen molar-refractivity contribution >= 4 is 15.7 Å². The van der Waals surface area contributed by atoms with Crippen LogP contribution in [-0.4, -0.2) is 14.7 Å². The second kappa shape index (κ2) is 3.50. The van der Waals surface area contributed by atoms with Crippen LogP contribution in [0.15, 0.2) is 18.2 Å². The van der Waals surface area contributed by atoms with Crippen LogP contribution in [0.4, 0.5) is 5.69 Å². The number of sulfonamides is 1. The Morgan fingerprint density at radius 1 is 1.47 bits per heavy atom. The predicted molar refractivity (Wildman–Crippen MR) is 60.2 cm³/mol. The molecule has 4 nitrogen and oxygen atoms in total. The first-order valence-electron chi connectivity index (χ1n) is 4.82. The lowest BCUT2D eigenvalue weighted by Crippen LogP contribution is -2.11. The standard InChI is InChI=1S/C10H14N2O2S/c1-15(13,14)12-10-4-2-3-7-8(10)5-6-9(7)11/h2-4,9,12H,5-6,11H2,1H3. The molecule has 0 amide bonds. The average molecular weight is 226 g/mol. The summed E-state index contributed by atoms with van der Waals surface area (Å²) < 4.78 is 24.8. The molecular weight excluding hydrogens is 212 g/mol. The number of anilines is 1. The van der Waals surface area contributed by atoms with E-state index in [-0.39, 0.29) is 6.04 Å². The molecule has 15 heavy (non-hydrogen) atoms. The number of fused-ring (bicyclic) bond motifs is 1. The van der Waals surface area contributed by atoms with Crippen LogP contribution < -0.4 is 10.5 Å². The fourth-order valence-electron chi connectivity index (χ4n) is 1.98. The highest BCUT2D eigenvalue weighted by atomic mass is 32.2. The lowest BCUT2D eigenvalue weighted by molar-refractivity contribution is 0.606. The molecule has 5 heteroatoms. The van der Waals surface area contributed by atoms with Crippen molar-refractivity contribution in [1.82, 2.24) is 0 Å². The van der Waals surface area contributed by atoms with E-state index >= 15 is 0 Å². The molecule has 3 N–H and O–H groups in total.